The average Bonchev–Trinajstić information content (AvgIpc) is 2.91. The van der Waals surface area contributed by atoms with E-state index in [1.165, 1.54) is 0 Å². The SMILES string of the molecule is CC(C)Oc1ccccc1C(C)NC(=O)Cc1cccs1. The molecule has 112 valence electrons. The van der Waals surface area contributed by atoms with Crippen molar-refractivity contribution in [3.05, 3.63) is 52.2 Å². The van der Waals surface area contributed by atoms with Gasteiger partial charge in [0.15, 0.2) is 0 Å². The first kappa shape index (κ1) is 15.6. The minimum atomic E-state index is -0.0765. The van der Waals surface area contributed by atoms with E-state index >= 15 is 0 Å². The smallest absolute Gasteiger partial charge is 0.225 e. The zero-order valence-electron chi connectivity index (χ0n) is 12.6. The van der Waals surface area contributed by atoms with E-state index in [0.29, 0.717) is 6.42 Å². The van der Waals surface area contributed by atoms with Crippen LogP contribution in [-0.2, 0) is 11.2 Å². The Morgan fingerprint density at radius 1 is 1.19 bits per heavy atom. The van der Waals surface area contributed by atoms with Crippen LogP contribution in [0.4, 0.5) is 0 Å². The Kier molecular flexibility index (Phi) is 5.39. The van der Waals surface area contributed by atoms with Gasteiger partial charge in [-0.25, -0.2) is 0 Å². The van der Waals surface area contributed by atoms with Gasteiger partial charge in [0.25, 0.3) is 0 Å². The van der Waals surface area contributed by atoms with Gasteiger partial charge in [0.05, 0.1) is 18.6 Å². The maximum absolute atomic E-state index is 12.1. The molecule has 0 saturated heterocycles. The summed E-state index contributed by atoms with van der Waals surface area (Å²) in [6.45, 7) is 5.97. The molecule has 1 N–H and O–H groups in total. The number of rotatable bonds is 6. The molecular formula is C17H21NO2S. The lowest BCUT2D eigenvalue weighted by atomic mass is 10.1. The molecule has 0 radical (unpaired) electrons. The van der Waals surface area contributed by atoms with Gasteiger partial charge in [-0.3, -0.25) is 4.79 Å². The van der Waals surface area contributed by atoms with Crippen LogP contribution in [-0.4, -0.2) is 12.0 Å². The lowest BCUT2D eigenvalue weighted by molar-refractivity contribution is -0.121. The topological polar surface area (TPSA) is 38.3 Å². The standard InChI is InChI=1S/C17H21NO2S/c1-12(2)20-16-9-5-4-8-15(16)13(3)18-17(19)11-14-7-6-10-21-14/h4-10,12-13H,11H2,1-3H3,(H,18,19). The number of thiophene rings is 1. The van der Waals surface area contributed by atoms with Gasteiger partial charge in [0, 0.05) is 10.4 Å². The monoisotopic (exact) mass is 303 g/mol. The third-order valence-corrected chi connectivity index (χ3v) is 3.92. The minimum Gasteiger partial charge on any atom is -0.491 e. The maximum atomic E-state index is 12.1. The van der Waals surface area contributed by atoms with Gasteiger partial charge in [-0.15, -0.1) is 11.3 Å². The molecule has 1 heterocycles. The van der Waals surface area contributed by atoms with Crippen molar-refractivity contribution >= 4 is 17.2 Å². The number of benzene rings is 1. The van der Waals surface area contributed by atoms with Gasteiger partial charge in [-0.05, 0) is 38.3 Å². The van der Waals surface area contributed by atoms with Gasteiger partial charge in [0.2, 0.25) is 5.91 Å². The molecule has 2 rings (SSSR count). The lowest BCUT2D eigenvalue weighted by Gasteiger charge is -2.19. The summed E-state index contributed by atoms with van der Waals surface area (Å²) >= 11 is 1.60. The number of ether oxygens (including phenoxy) is 1. The van der Waals surface area contributed by atoms with Crippen molar-refractivity contribution in [3.8, 4) is 5.75 Å². The Balaban J connectivity index is 2.02. The minimum absolute atomic E-state index is 0.0318. The number of hydrogen-bond donors (Lipinski definition) is 1. The molecule has 1 aromatic carbocycles. The van der Waals surface area contributed by atoms with E-state index in [4.69, 9.17) is 4.74 Å². The predicted octanol–water partition coefficient (Wildman–Crippen LogP) is 3.96. The van der Waals surface area contributed by atoms with E-state index in [-0.39, 0.29) is 18.1 Å². The number of hydrogen-bond acceptors (Lipinski definition) is 3. The van der Waals surface area contributed by atoms with Crippen molar-refractivity contribution in [3.63, 3.8) is 0 Å². The molecule has 1 unspecified atom stereocenters. The quantitative estimate of drug-likeness (QED) is 0.877. The Bertz CT molecular complexity index is 578. The van der Waals surface area contributed by atoms with E-state index in [2.05, 4.69) is 5.32 Å². The summed E-state index contributed by atoms with van der Waals surface area (Å²) < 4.78 is 5.80. The first-order chi connectivity index (χ1) is 10.1. The average molecular weight is 303 g/mol. The second kappa shape index (κ2) is 7.27. The maximum Gasteiger partial charge on any atom is 0.225 e. The predicted molar refractivity (Wildman–Crippen MR) is 86.8 cm³/mol. The summed E-state index contributed by atoms with van der Waals surface area (Å²) in [6, 6.07) is 11.7. The number of amides is 1. The second-order valence-electron chi connectivity index (χ2n) is 5.25. The van der Waals surface area contributed by atoms with E-state index in [0.717, 1.165) is 16.2 Å². The molecule has 1 amide bonds. The first-order valence-electron chi connectivity index (χ1n) is 7.13. The van der Waals surface area contributed by atoms with Crippen LogP contribution in [0.1, 0.15) is 37.3 Å². The second-order valence-corrected chi connectivity index (χ2v) is 6.28. The highest BCUT2D eigenvalue weighted by Gasteiger charge is 2.15. The molecule has 0 aliphatic carbocycles. The van der Waals surface area contributed by atoms with E-state index in [1.807, 2.05) is 62.5 Å². The number of para-hydroxylation sites is 1. The van der Waals surface area contributed by atoms with Gasteiger partial charge in [0.1, 0.15) is 5.75 Å². The van der Waals surface area contributed by atoms with Crippen molar-refractivity contribution in [1.29, 1.82) is 0 Å². The highest BCUT2D eigenvalue weighted by Crippen LogP contribution is 2.25. The van der Waals surface area contributed by atoms with Crippen molar-refractivity contribution < 1.29 is 9.53 Å². The molecule has 1 atom stereocenters. The number of nitrogens with one attached hydrogen (secondary N) is 1. The van der Waals surface area contributed by atoms with Gasteiger partial charge in [-0.2, -0.15) is 0 Å². The molecule has 1 aromatic heterocycles. The fraction of sp³-hybridized carbons (Fsp3) is 0.353. The van der Waals surface area contributed by atoms with Crippen LogP contribution < -0.4 is 10.1 Å². The summed E-state index contributed by atoms with van der Waals surface area (Å²) in [5.41, 5.74) is 1.01. The van der Waals surface area contributed by atoms with E-state index < -0.39 is 0 Å². The summed E-state index contributed by atoms with van der Waals surface area (Å²) in [6.07, 6.45) is 0.537. The fourth-order valence-corrected chi connectivity index (χ4v) is 2.84. The summed E-state index contributed by atoms with van der Waals surface area (Å²) in [5, 5.41) is 5.02. The number of carbonyl (C=O) groups is 1. The van der Waals surface area contributed by atoms with Crippen molar-refractivity contribution in [2.45, 2.75) is 39.3 Å². The van der Waals surface area contributed by atoms with Crippen LogP contribution in [0.5, 0.6) is 5.75 Å². The summed E-state index contributed by atoms with van der Waals surface area (Å²) in [7, 11) is 0. The molecule has 3 nitrogen and oxygen atoms in total. The van der Waals surface area contributed by atoms with Crippen LogP contribution in [0.15, 0.2) is 41.8 Å². The molecular weight excluding hydrogens is 282 g/mol. The third-order valence-electron chi connectivity index (χ3n) is 3.04. The highest BCUT2D eigenvalue weighted by atomic mass is 32.1. The van der Waals surface area contributed by atoms with Crippen LogP contribution >= 0.6 is 11.3 Å². The molecule has 0 fully saturated rings. The van der Waals surface area contributed by atoms with E-state index in [1.54, 1.807) is 11.3 Å². The lowest BCUT2D eigenvalue weighted by Crippen LogP contribution is -2.28. The highest BCUT2D eigenvalue weighted by molar-refractivity contribution is 7.10. The molecule has 4 heteroatoms. The van der Waals surface area contributed by atoms with Crippen molar-refractivity contribution in [1.82, 2.24) is 5.32 Å². The number of carbonyl (C=O) groups excluding carboxylic acids is 1. The largest absolute Gasteiger partial charge is 0.491 e. The van der Waals surface area contributed by atoms with Crippen LogP contribution in [0, 0.1) is 0 Å². The molecule has 21 heavy (non-hydrogen) atoms. The molecule has 0 saturated carbocycles. The summed E-state index contributed by atoms with van der Waals surface area (Å²) in [4.78, 5) is 13.2. The first-order valence-corrected chi connectivity index (χ1v) is 8.01. The zero-order chi connectivity index (χ0) is 15.2. The van der Waals surface area contributed by atoms with Crippen LogP contribution in [0.2, 0.25) is 0 Å². The third kappa shape index (κ3) is 4.60. The zero-order valence-corrected chi connectivity index (χ0v) is 13.4. The molecule has 2 aromatic rings. The molecule has 0 aliphatic rings. The normalized spacial score (nSPS) is 12.2. The van der Waals surface area contributed by atoms with Gasteiger partial charge in [-0.1, -0.05) is 24.3 Å². The van der Waals surface area contributed by atoms with Gasteiger partial charge < -0.3 is 10.1 Å². The Hall–Kier alpha value is -1.81. The Labute approximate surface area is 130 Å². The van der Waals surface area contributed by atoms with Gasteiger partial charge >= 0.3 is 0 Å². The Morgan fingerprint density at radius 2 is 1.95 bits per heavy atom. The summed E-state index contributed by atoms with van der Waals surface area (Å²) in [5.74, 6) is 0.862. The van der Waals surface area contributed by atoms with Crippen molar-refractivity contribution in [2.24, 2.45) is 0 Å². The van der Waals surface area contributed by atoms with Crippen LogP contribution in [0.25, 0.3) is 0 Å². The Morgan fingerprint density at radius 3 is 2.62 bits per heavy atom. The van der Waals surface area contributed by atoms with Crippen LogP contribution in [0.3, 0.4) is 0 Å². The van der Waals surface area contributed by atoms with Crippen molar-refractivity contribution in [2.75, 3.05) is 0 Å². The fourth-order valence-electron chi connectivity index (χ4n) is 2.14. The molecule has 0 spiro atoms. The molecule has 0 bridgehead atoms. The van der Waals surface area contributed by atoms with E-state index in [9.17, 15) is 4.79 Å². The molecule has 0 aliphatic heterocycles.